The van der Waals surface area contributed by atoms with E-state index in [4.69, 9.17) is 4.74 Å². The Morgan fingerprint density at radius 1 is 1.17 bits per heavy atom. The quantitative estimate of drug-likeness (QED) is 0.738. The number of nitrogens with zero attached hydrogens (tertiary/aromatic N) is 5. The average Bonchev–Trinajstić information content (AvgIpc) is 3.03. The van der Waals surface area contributed by atoms with Crippen LogP contribution in [0, 0.1) is 5.82 Å². The number of hydrogen-bond acceptors (Lipinski definition) is 6. The number of hydrogen-bond donors (Lipinski definition) is 1. The van der Waals surface area contributed by atoms with E-state index in [1.165, 1.54) is 28.9 Å². The minimum Gasteiger partial charge on any atom is -0.491 e. The van der Waals surface area contributed by atoms with Crippen molar-refractivity contribution in [3.05, 3.63) is 54.5 Å². The summed E-state index contributed by atoms with van der Waals surface area (Å²) in [6, 6.07) is 11.0. The predicted octanol–water partition coefficient (Wildman–Crippen LogP) is 1.31. The molecule has 0 aliphatic heterocycles. The molecule has 0 bridgehead atoms. The maximum Gasteiger partial charge on any atom is 0.200 e. The van der Waals surface area contributed by atoms with Crippen LogP contribution in [0.3, 0.4) is 0 Å². The highest BCUT2D eigenvalue weighted by Crippen LogP contribution is 2.13. The Hall–Kier alpha value is -2.87. The fourth-order valence-corrected chi connectivity index (χ4v) is 1.98. The molecule has 1 unspecified atom stereocenters. The Morgan fingerprint density at radius 2 is 2.00 bits per heavy atom. The van der Waals surface area contributed by atoms with Crippen molar-refractivity contribution >= 4 is 0 Å². The van der Waals surface area contributed by atoms with E-state index in [9.17, 15) is 9.50 Å². The molecule has 3 rings (SSSR count). The highest BCUT2D eigenvalue weighted by molar-refractivity contribution is 5.47. The third-order valence-electron chi connectivity index (χ3n) is 3.07. The zero-order chi connectivity index (χ0) is 16.1. The van der Waals surface area contributed by atoms with E-state index in [1.807, 2.05) is 6.07 Å². The zero-order valence-corrected chi connectivity index (χ0v) is 12.1. The smallest absolute Gasteiger partial charge is 0.200 e. The number of pyridine rings is 1. The maximum atomic E-state index is 12.8. The first-order valence-corrected chi connectivity index (χ1v) is 6.96. The molecule has 1 atom stereocenters. The number of aliphatic hydroxyl groups excluding tert-OH is 1. The van der Waals surface area contributed by atoms with Crippen LogP contribution >= 0.6 is 0 Å². The van der Waals surface area contributed by atoms with Gasteiger partial charge >= 0.3 is 0 Å². The van der Waals surface area contributed by atoms with Crippen LogP contribution in [0.15, 0.2) is 48.7 Å². The number of aliphatic hydroxyl groups is 1. The summed E-state index contributed by atoms with van der Waals surface area (Å²) < 4.78 is 19.7. The van der Waals surface area contributed by atoms with Gasteiger partial charge in [-0.05, 0) is 46.8 Å². The summed E-state index contributed by atoms with van der Waals surface area (Å²) in [7, 11) is 0. The van der Waals surface area contributed by atoms with Gasteiger partial charge in [0.2, 0.25) is 5.82 Å². The van der Waals surface area contributed by atoms with Crippen molar-refractivity contribution in [3.8, 4) is 17.3 Å². The average molecular weight is 315 g/mol. The molecule has 3 aromatic rings. The molecular weight excluding hydrogens is 301 g/mol. The van der Waals surface area contributed by atoms with Gasteiger partial charge in [0.1, 0.15) is 30.0 Å². The maximum absolute atomic E-state index is 12.8. The molecule has 0 radical (unpaired) electrons. The third kappa shape index (κ3) is 3.86. The van der Waals surface area contributed by atoms with Gasteiger partial charge in [-0.1, -0.05) is 6.07 Å². The molecule has 7 nitrogen and oxygen atoms in total. The summed E-state index contributed by atoms with van der Waals surface area (Å²) in [6.45, 7) is 0.188. The molecule has 118 valence electrons. The van der Waals surface area contributed by atoms with E-state index in [0.717, 1.165) is 0 Å². The Labute approximate surface area is 131 Å². The van der Waals surface area contributed by atoms with Crippen molar-refractivity contribution in [2.75, 3.05) is 6.61 Å². The molecule has 23 heavy (non-hydrogen) atoms. The van der Waals surface area contributed by atoms with Crippen molar-refractivity contribution < 1.29 is 14.2 Å². The topological polar surface area (TPSA) is 86.0 Å². The Bertz CT molecular complexity index is 748. The highest BCUT2D eigenvalue weighted by Gasteiger charge is 2.14. The lowest BCUT2D eigenvalue weighted by Crippen LogP contribution is -2.24. The second kappa shape index (κ2) is 6.93. The van der Waals surface area contributed by atoms with Gasteiger partial charge in [0.05, 0.1) is 6.54 Å². The lowest BCUT2D eigenvalue weighted by atomic mass is 10.3. The number of benzene rings is 1. The summed E-state index contributed by atoms with van der Waals surface area (Å²) in [5, 5.41) is 21.4. The van der Waals surface area contributed by atoms with Gasteiger partial charge in [-0.15, -0.1) is 5.10 Å². The molecule has 1 aromatic carbocycles. The van der Waals surface area contributed by atoms with E-state index >= 15 is 0 Å². The predicted molar refractivity (Wildman–Crippen MR) is 78.9 cm³/mol. The molecule has 0 fully saturated rings. The summed E-state index contributed by atoms with van der Waals surface area (Å²) in [5.74, 6) is 0.602. The van der Waals surface area contributed by atoms with Crippen molar-refractivity contribution in [2.45, 2.75) is 12.6 Å². The molecule has 8 heteroatoms. The molecule has 1 N–H and O–H groups in total. The second-order valence-electron chi connectivity index (χ2n) is 4.82. The van der Waals surface area contributed by atoms with Crippen molar-refractivity contribution in [1.29, 1.82) is 0 Å². The number of aromatic nitrogens is 5. The number of tetrazole rings is 1. The number of rotatable bonds is 6. The zero-order valence-electron chi connectivity index (χ0n) is 12.1. The van der Waals surface area contributed by atoms with Gasteiger partial charge in [0, 0.05) is 6.20 Å². The van der Waals surface area contributed by atoms with Gasteiger partial charge < -0.3 is 9.84 Å². The van der Waals surface area contributed by atoms with Gasteiger partial charge in [-0.2, -0.15) is 0 Å². The first kappa shape index (κ1) is 15.0. The fourth-order valence-electron chi connectivity index (χ4n) is 1.98. The first-order valence-electron chi connectivity index (χ1n) is 6.96. The van der Waals surface area contributed by atoms with Crippen LogP contribution in [0.5, 0.6) is 5.75 Å². The molecule has 2 heterocycles. The molecule has 0 amide bonds. The molecule has 0 saturated heterocycles. The van der Waals surface area contributed by atoms with Gasteiger partial charge in [0.15, 0.2) is 0 Å². The summed E-state index contributed by atoms with van der Waals surface area (Å²) in [6.07, 6.45) is 0.814. The van der Waals surface area contributed by atoms with E-state index in [-0.39, 0.29) is 19.0 Å². The van der Waals surface area contributed by atoms with Crippen molar-refractivity contribution in [1.82, 2.24) is 25.2 Å². The highest BCUT2D eigenvalue weighted by atomic mass is 19.1. The summed E-state index contributed by atoms with van der Waals surface area (Å²) in [4.78, 5) is 4.18. The molecular formula is C15H14FN5O2. The standard InChI is InChI=1S/C15H14FN5O2/c16-11-4-6-13(7-5-11)23-10-12(22)9-21-15(18-19-20-21)14-3-1-2-8-17-14/h1-8,12,22H,9-10H2. The van der Waals surface area contributed by atoms with Crippen LogP contribution in [0.25, 0.3) is 11.5 Å². The summed E-state index contributed by atoms with van der Waals surface area (Å²) >= 11 is 0. The first-order chi connectivity index (χ1) is 11.2. The van der Waals surface area contributed by atoms with E-state index in [2.05, 4.69) is 20.5 Å². The van der Waals surface area contributed by atoms with Crippen molar-refractivity contribution in [2.24, 2.45) is 0 Å². The lowest BCUT2D eigenvalue weighted by molar-refractivity contribution is 0.0892. The Kier molecular flexibility index (Phi) is 4.53. The minimum absolute atomic E-state index is 0.0349. The van der Waals surface area contributed by atoms with Crippen molar-refractivity contribution in [3.63, 3.8) is 0 Å². The van der Waals surface area contributed by atoms with Crippen LogP contribution in [-0.2, 0) is 6.54 Å². The van der Waals surface area contributed by atoms with Crippen LogP contribution in [0.1, 0.15) is 0 Å². The van der Waals surface area contributed by atoms with Crippen LogP contribution in [0.2, 0.25) is 0 Å². The Morgan fingerprint density at radius 3 is 2.74 bits per heavy atom. The van der Waals surface area contributed by atoms with Crippen LogP contribution in [0.4, 0.5) is 4.39 Å². The van der Waals surface area contributed by atoms with E-state index in [1.54, 1.807) is 18.3 Å². The minimum atomic E-state index is -0.828. The normalized spacial score (nSPS) is 12.1. The largest absolute Gasteiger partial charge is 0.491 e. The molecule has 0 spiro atoms. The van der Waals surface area contributed by atoms with E-state index < -0.39 is 6.10 Å². The fraction of sp³-hybridized carbons (Fsp3) is 0.200. The monoisotopic (exact) mass is 315 g/mol. The number of halogens is 1. The number of ether oxygens (including phenoxy) is 1. The second-order valence-corrected chi connectivity index (χ2v) is 4.82. The SMILES string of the molecule is OC(COc1ccc(F)cc1)Cn1nnnc1-c1ccccn1. The Balaban J connectivity index is 1.61. The lowest BCUT2D eigenvalue weighted by Gasteiger charge is -2.13. The van der Waals surface area contributed by atoms with Gasteiger partial charge in [0.25, 0.3) is 0 Å². The van der Waals surface area contributed by atoms with Crippen LogP contribution < -0.4 is 4.74 Å². The van der Waals surface area contributed by atoms with Gasteiger partial charge in [-0.25, -0.2) is 9.07 Å². The van der Waals surface area contributed by atoms with E-state index in [0.29, 0.717) is 17.3 Å². The summed E-state index contributed by atoms with van der Waals surface area (Å²) in [5.41, 5.74) is 0.615. The molecule has 0 aliphatic rings. The molecule has 0 aliphatic carbocycles. The molecule has 0 saturated carbocycles. The third-order valence-corrected chi connectivity index (χ3v) is 3.07. The van der Waals surface area contributed by atoms with Gasteiger partial charge in [-0.3, -0.25) is 4.98 Å². The molecule has 2 aromatic heterocycles. The van der Waals surface area contributed by atoms with Crippen LogP contribution in [-0.4, -0.2) is 43.0 Å².